The van der Waals surface area contributed by atoms with E-state index in [4.69, 9.17) is 0 Å². The molecule has 1 N–H and O–H groups in total. The fourth-order valence-corrected chi connectivity index (χ4v) is 4.62. The van der Waals surface area contributed by atoms with Crippen LogP contribution in [0.25, 0.3) is 10.2 Å². The molecule has 0 saturated heterocycles. The number of aryl methyl sites for hydroxylation is 1. The minimum atomic E-state index is -0.122. The third kappa shape index (κ3) is 4.19. The minimum absolute atomic E-state index is 0.0292. The average molecular weight is 452 g/mol. The van der Waals surface area contributed by atoms with E-state index in [0.717, 1.165) is 22.1 Å². The van der Waals surface area contributed by atoms with Gasteiger partial charge in [-0.3, -0.25) is 14.2 Å². The number of amides is 1. The third-order valence-corrected chi connectivity index (χ3v) is 6.13. The molecule has 0 atom stereocenters. The number of hydrogen-bond acceptors (Lipinski definition) is 5. The second-order valence-electron chi connectivity index (χ2n) is 5.78. The van der Waals surface area contributed by atoms with Gasteiger partial charge in [-0.2, -0.15) is 0 Å². The first-order valence-corrected chi connectivity index (χ1v) is 10.8. The fourth-order valence-electron chi connectivity index (χ4n) is 2.54. The monoisotopic (exact) mass is 451 g/mol. The molecule has 136 valence electrons. The molecule has 0 unspecified atom stereocenters. The summed E-state index contributed by atoms with van der Waals surface area (Å²) in [5.74, 6) is 0.0736. The van der Waals surface area contributed by atoms with Crippen molar-refractivity contribution in [3.63, 3.8) is 0 Å². The molecule has 8 heteroatoms. The highest BCUT2D eigenvalue weighted by atomic mass is 79.9. The first kappa shape index (κ1) is 19.1. The first-order valence-electron chi connectivity index (χ1n) is 8.16. The van der Waals surface area contributed by atoms with Gasteiger partial charge in [0.2, 0.25) is 5.91 Å². The van der Waals surface area contributed by atoms with Crippen molar-refractivity contribution in [1.29, 1.82) is 0 Å². The van der Waals surface area contributed by atoms with Crippen molar-refractivity contribution in [3.8, 4) is 0 Å². The highest BCUT2D eigenvalue weighted by Crippen LogP contribution is 2.23. The van der Waals surface area contributed by atoms with Crippen molar-refractivity contribution in [2.45, 2.75) is 32.0 Å². The SMILES string of the molecule is CCCn1c(SCC(=O)Nc2ccc(Br)cc2C)nc2ccsc2c1=O. The molecule has 0 aliphatic rings. The molecule has 26 heavy (non-hydrogen) atoms. The lowest BCUT2D eigenvalue weighted by Crippen LogP contribution is -2.23. The molecule has 1 amide bonds. The maximum absolute atomic E-state index is 12.6. The van der Waals surface area contributed by atoms with Gasteiger partial charge in [0.25, 0.3) is 5.56 Å². The van der Waals surface area contributed by atoms with Gasteiger partial charge in [-0.05, 0) is 48.6 Å². The van der Waals surface area contributed by atoms with Crippen molar-refractivity contribution < 1.29 is 4.79 Å². The zero-order valence-corrected chi connectivity index (χ0v) is 17.6. The Morgan fingerprint density at radius 1 is 1.38 bits per heavy atom. The minimum Gasteiger partial charge on any atom is -0.325 e. The second-order valence-corrected chi connectivity index (χ2v) is 8.56. The third-order valence-electron chi connectivity index (χ3n) is 3.77. The van der Waals surface area contributed by atoms with Crippen LogP contribution in [-0.4, -0.2) is 21.2 Å². The zero-order valence-electron chi connectivity index (χ0n) is 14.4. The number of aromatic nitrogens is 2. The number of carbonyl (C=O) groups is 1. The largest absolute Gasteiger partial charge is 0.325 e. The molecule has 0 fully saturated rings. The number of rotatable bonds is 6. The Labute approximate surface area is 168 Å². The van der Waals surface area contributed by atoms with Crippen LogP contribution in [0.4, 0.5) is 5.69 Å². The second kappa shape index (κ2) is 8.37. The number of thiophene rings is 1. The molecule has 2 aromatic heterocycles. The summed E-state index contributed by atoms with van der Waals surface area (Å²) in [5.41, 5.74) is 2.43. The fraction of sp³-hybridized carbons (Fsp3) is 0.278. The van der Waals surface area contributed by atoms with Gasteiger partial charge in [-0.15, -0.1) is 11.3 Å². The summed E-state index contributed by atoms with van der Waals surface area (Å²) < 4.78 is 3.30. The molecule has 0 aliphatic heterocycles. The van der Waals surface area contributed by atoms with E-state index in [1.54, 1.807) is 4.57 Å². The van der Waals surface area contributed by atoms with Crippen molar-refractivity contribution in [1.82, 2.24) is 9.55 Å². The van der Waals surface area contributed by atoms with Gasteiger partial charge in [0.05, 0.1) is 11.3 Å². The standard InChI is InChI=1S/C18H18BrN3O2S2/c1-3-7-22-17(24)16-14(6-8-25-16)21-18(22)26-10-15(23)20-13-5-4-12(19)9-11(13)2/h4-6,8-9H,3,7,10H2,1-2H3,(H,20,23). The maximum Gasteiger partial charge on any atom is 0.272 e. The van der Waals surface area contributed by atoms with Crippen LogP contribution in [0.5, 0.6) is 0 Å². The molecule has 3 rings (SSSR count). The molecule has 1 aromatic carbocycles. The molecule has 5 nitrogen and oxygen atoms in total. The molecule has 2 heterocycles. The lowest BCUT2D eigenvalue weighted by molar-refractivity contribution is -0.113. The van der Waals surface area contributed by atoms with E-state index in [1.807, 2.05) is 43.5 Å². The number of halogens is 1. The Morgan fingerprint density at radius 3 is 2.92 bits per heavy atom. The van der Waals surface area contributed by atoms with E-state index in [0.29, 0.717) is 21.9 Å². The van der Waals surface area contributed by atoms with Crippen molar-refractivity contribution in [3.05, 3.63) is 50.0 Å². The van der Waals surface area contributed by atoms with Crippen LogP contribution < -0.4 is 10.9 Å². The number of hydrogen-bond donors (Lipinski definition) is 1. The number of benzene rings is 1. The van der Waals surface area contributed by atoms with Gasteiger partial charge < -0.3 is 5.32 Å². The maximum atomic E-state index is 12.6. The molecule has 0 saturated carbocycles. The summed E-state index contributed by atoms with van der Waals surface area (Å²) in [6, 6.07) is 7.55. The van der Waals surface area contributed by atoms with E-state index in [2.05, 4.69) is 26.2 Å². The van der Waals surface area contributed by atoms with E-state index < -0.39 is 0 Å². The van der Waals surface area contributed by atoms with Crippen LogP contribution in [0, 0.1) is 6.92 Å². The number of nitrogens with zero attached hydrogens (tertiary/aromatic N) is 2. The molecule has 3 aromatic rings. The van der Waals surface area contributed by atoms with E-state index in [-0.39, 0.29) is 17.2 Å². The van der Waals surface area contributed by atoms with Crippen LogP contribution in [-0.2, 0) is 11.3 Å². The van der Waals surface area contributed by atoms with Crippen molar-refractivity contribution >= 4 is 60.8 Å². The van der Waals surface area contributed by atoms with Gasteiger partial charge in [-0.25, -0.2) is 4.98 Å². The molecule has 0 radical (unpaired) electrons. The lowest BCUT2D eigenvalue weighted by atomic mass is 10.2. The first-order chi connectivity index (χ1) is 12.5. The van der Waals surface area contributed by atoms with E-state index in [1.165, 1.54) is 23.1 Å². The summed E-state index contributed by atoms with van der Waals surface area (Å²) in [6.07, 6.45) is 0.830. The Kier molecular flexibility index (Phi) is 6.16. The van der Waals surface area contributed by atoms with Crippen LogP contribution in [0.2, 0.25) is 0 Å². The number of anilines is 1. The average Bonchev–Trinajstić information content (AvgIpc) is 3.07. The Balaban J connectivity index is 1.77. The summed E-state index contributed by atoms with van der Waals surface area (Å²) in [6.45, 7) is 4.55. The van der Waals surface area contributed by atoms with Crippen LogP contribution in [0.3, 0.4) is 0 Å². The highest BCUT2D eigenvalue weighted by molar-refractivity contribution is 9.10. The molecular weight excluding hydrogens is 434 g/mol. The highest BCUT2D eigenvalue weighted by Gasteiger charge is 2.14. The Morgan fingerprint density at radius 2 is 2.19 bits per heavy atom. The van der Waals surface area contributed by atoms with Gasteiger partial charge in [0.15, 0.2) is 5.16 Å². The number of fused-ring (bicyclic) bond motifs is 1. The number of thioether (sulfide) groups is 1. The van der Waals surface area contributed by atoms with Gasteiger partial charge in [0, 0.05) is 16.7 Å². The Hall–Kier alpha value is -1.64. The predicted molar refractivity (Wildman–Crippen MR) is 112 cm³/mol. The van der Waals surface area contributed by atoms with Gasteiger partial charge >= 0.3 is 0 Å². The quantitative estimate of drug-likeness (QED) is 0.436. The summed E-state index contributed by atoms with van der Waals surface area (Å²) >= 11 is 6.11. The number of nitrogens with one attached hydrogen (secondary N) is 1. The predicted octanol–water partition coefficient (Wildman–Crippen LogP) is 4.67. The molecule has 0 bridgehead atoms. The van der Waals surface area contributed by atoms with Crippen LogP contribution in [0.15, 0.2) is 44.1 Å². The van der Waals surface area contributed by atoms with Crippen molar-refractivity contribution in [2.24, 2.45) is 0 Å². The summed E-state index contributed by atoms with van der Waals surface area (Å²) in [7, 11) is 0. The van der Waals surface area contributed by atoms with Gasteiger partial charge in [-0.1, -0.05) is 34.6 Å². The summed E-state index contributed by atoms with van der Waals surface area (Å²) in [4.78, 5) is 29.5. The van der Waals surface area contributed by atoms with Gasteiger partial charge in [0.1, 0.15) is 4.70 Å². The van der Waals surface area contributed by atoms with Crippen LogP contribution >= 0.6 is 39.0 Å². The topological polar surface area (TPSA) is 64.0 Å². The molecular formula is C18H18BrN3O2S2. The van der Waals surface area contributed by atoms with Crippen LogP contribution in [0.1, 0.15) is 18.9 Å². The molecule has 0 aliphatic carbocycles. The number of carbonyl (C=O) groups excluding carboxylic acids is 1. The normalized spacial score (nSPS) is 11.0. The smallest absolute Gasteiger partial charge is 0.272 e. The van der Waals surface area contributed by atoms with Crippen molar-refractivity contribution in [2.75, 3.05) is 11.1 Å². The zero-order chi connectivity index (χ0) is 18.7. The van der Waals surface area contributed by atoms with E-state index in [9.17, 15) is 9.59 Å². The summed E-state index contributed by atoms with van der Waals surface area (Å²) in [5, 5.41) is 5.37. The Bertz CT molecular complexity index is 1010. The lowest BCUT2D eigenvalue weighted by Gasteiger charge is -2.12. The van der Waals surface area contributed by atoms with E-state index >= 15 is 0 Å². The molecule has 0 spiro atoms.